The molecule has 0 radical (unpaired) electrons. The topological polar surface area (TPSA) is 29.5 Å². The lowest BCUT2D eigenvalue weighted by Crippen LogP contribution is -2.44. The minimum Gasteiger partial charge on any atom is -0.542 e. The Morgan fingerprint density at radius 3 is 1.79 bits per heavy atom. The van der Waals surface area contributed by atoms with Crippen molar-refractivity contribution in [2.24, 2.45) is 0 Å². The van der Waals surface area contributed by atoms with Crippen LogP contribution in [0.2, 0.25) is 18.1 Å². The lowest BCUT2D eigenvalue weighted by Gasteiger charge is -2.39. The van der Waals surface area contributed by atoms with Gasteiger partial charge in [0.05, 0.1) is 0 Å². The predicted octanol–water partition coefficient (Wildman–Crippen LogP) is 8.64. The first-order chi connectivity index (χ1) is 15.6. The Hall–Kier alpha value is -1.04. The van der Waals surface area contributed by atoms with Gasteiger partial charge in [-0.05, 0) is 116 Å². The fraction of sp³-hybridized carbons (Fsp3) is 0.571. The van der Waals surface area contributed by atoms with Crippen molar-refractivity contribution >= 4 is 31.8 Å². The van der Waals surface area contributed by atoms with Gasteiger partial charge in [0.1, 0.15) is 11.5 Å². The Balaban J connectivity index is 2.08. The van der Waals surface area contributed by atoms with E-state index in [1.54, 1.807) is 23.5 Å². The van der Waals surface area contributed by atoms with Gasteiger partial charge in [-0.3, -0.25) is 0 Å². The zero-order valence-electron chi connectivity index (χ0n) is 21.5. The molecule has 0 aliphatic heterocycles. The van der Waals surface area contributed by atoms with Crippen LogP contribution in [0.3, 0.4) is 0 Å². The van der Waals surface area contributed by atoms with E-state index in [4.69, 9.17) is 4.43 Å². The summed E-state index contributed by atoms with van der Waals surface area (Å²) in [6, 6.07) is 4.64. The molecule has 2 aromatic rings. The summed E-state index contributed by atoms with van der Waals surface area (Å²) in [7, 11) is -2.08. The summed E-state index contributed by atoms with van der Waals surface area (Å²) in [5, 5.41) is 11.8. The first-order valence-corrected chi connectivity index (χ1v) is 17.8. The Kier molecular flexibility index (Phi) is 7.25. The fourth-order valence-electron chi connectivity index (χ4n) is 5.07. The van der Waals surface area contributed by atoms with E-state index in [-0.39, 0.29) is 5.04 Å². The molecule has 5 heteroatoms. The molecule has 0 saturated heterocycles. The summed E-state index contributed by atoms with van der Waals surface area (Å²) in [6.45, 7) is 11.6. The van der Waals surface area contributed by atoms with Crippen LogP contribution in [0.25, 0.3) is 11.1 Å². The lowest BCUT2D eigenvalue weighted by molar-refractivity contribution is 0.459. The molecule has 0 amide bonds. The van der Waals surface area contributed by atoms with Crippen LogP contribution >= 0.6 is 23.5 Å². The van der Waals surface area contributed by atoms with Gasteiger partial charge in [-0.15, -0.1) is 23.5 Å². The molecule has 2 aromatic carbocycles. The third-order valence-corrected chi connectivity index (χ3v) is 13.8. The quantitative estimate of drug-likeness (QED) is 0.328. The maximum atomic E-state index is 11.7. The summed E-state index contributed by atoms with van der Waals surface area (Å²) in [5.41, 5.74) is 7.97. The lowest BCUT2D eigenvalue weighted by atomic mass is 9.80. The number of hydrogen-bond donors (Lipinski definition) is 1. The van der Waals surface area contributed by atoms with Crippen LogP contribution in [0.5, 0.6) is 11.5 Å². The van der Waals surface area contributed by atoms with E-state index >= 15 is 0 Å². The maximum Gasteiger partial charge on any atom is 0.250 e. The van der Waals surface area contributed by atoms with Crippen LogP contribution in [-0.4, -0.2) is 25.9 Å². The largest absolute Gasteiger partial charge is 0.542 e. The van der Waals surface area contributed by atoms with Crippen molar-refractivity contribution in [3.8, 4) is 22.6 Å². The smallest absolute Gasteiger partial charge is 0.250 e. The van der Waals surface area contributed by atoms with Crippen molar-refractivity contribution < 1.29 is 9.53 Å². The Labute approximate surface area is 210 Å². The first kappa shape index (κ1) is 25.1. The van der Waals surface area contributed by atoms with Crippen molar-refractivity contribution in [1.29, 1.82) is 0 Å². The number of rotatable bonds is 5. The second kappa shape index (κ2) is 9.54. The Morgan fingerprint density at radius 2 is 1.27 bits per heavy atom. The second-order valence-electron chi connectivity index (χ2n) is 11.1. The number of fused-ring (bicyclic) bond motifs is 2. The second-order valence-corrected chi connectivity index (χ2v) is 17.6. The molecule has 0 heterocycles. The number of aryl methyl sites for hydroxylation is 2. The molecule has 33 heavy (non-hydrogen) atoms. The van der Waals surface area contributed by atoms with Gasteiger partial charge in [0.25, 0.3) is 8.32 Å². The van der Waals surface area contributed by atoms with E-state index in [9.17, 15) is 5.11 Å². The third kappa shape index (κ3) is 4.62. The van der Waals surface area contributed by atoms with Gasteiger partial charge in [-0.25, -0.2) is 0 Å². The molecular formula is C28H40O2S2Si. The molecule has 180 valence electrons. The zero-order chi connectivity index (χ0) is 24.0. The first-order valence-electron chi connectivity index (χ1n) is 12.4. The SMILES string of the molecule is CSc1cc2c(c(-c3c4c(cc(SC)c3O[Si](C)(C)C(C)(C)C)CCCC4)c1O)CCCC2. The van der Waals surface area contributed by atoms with Crippen LogP contribution < -0.4 is 4.43 Å². The van der Waals surface area contributed by atoms with E-state index in [2.05, 4.69) is 58.5 Å². The van der Waals surface area contributed by atoms with Gasteiger partial charge in [0.15, 0.2) is 0 Å². The molecule has 0 fully saturated rings. The molecule has 1 N–H and O–H groups in total. The Bertz CT molecular complexity index is 1050. The number of thioether (sulfide) groups is 2. The van der Waals surface area contributed by atoms with Crippen LogP contribution in [0.15, 0.2) is 21.9 Å². The molecule has 2 nitrogen and oxygen atoms in total. The van der Waals surface area contributed by atoms with Crippen molar-refractivity contribution in [2.75, 3.05) is 12.5 Å². The minimum atomic E-state index is -2.08. The zero-order valence-corrected chi connectivity index (χ0v) is 24.1. The van der Waals surface area contributed by atoms with Gasteiger partial charge in [0, 0.05) is 20.9 Å². The maximum absolute atomic E-state index is 11.7. The highest BCUT2D eigenvalue weighted by atomic mass is 32.2. The van der Waals surface area contributed by atoms with Crippen LogP contribution in [0, 0.1) is 0 Å². The number of phenolic OH excluding ortho intramolecular Hbond substituents is 1. The van der Waals surface area contributed by atoms with Crippen LogP contribution in [-0.2, 0) is 25.7 Å². The third-order valence-electron chi connectivity index (χ3n) is 8.01. The van der Waals surface area contributed by atoms with Crippen molar-refractivity contribution in [3.05, 3.63) is 34.4 Å². The normalized spacial score (nSPS) is 16.3. The highest BCUT2D eigenvalue weighted by Gasteiger charge is 2.41. The number of hydrogen-bond acceptors (Lipinski definition) is 4. The van der Waals surface area contributed by atoms with Crippen molar-refractivity contribution in [3.63, 3.8) is 0 Å². The van der Waals surface area contributed by atoms with Crippen molar-refractivity contribution in [1.82, 2.24) is 0 Å². The fourth-order valence-corrected chi connectivity index (χ4v) is 7.32. The highest BCUT2D eigenvalue weighted by Crippen LogP contribution is 2.53. The van der Waals surface area contributed by atoms with E-state index < -0.39 is 8.32 Å². The van der Waals surface area contributed by atoms with Gasteiger partial charge in [-0.1, -0.05) is 20.8 Å². The van der Waals surface area contributed by atoms with Gasteiger partial charge >= 0.3 is 0 Å². The summed E-state index contributed by atoms with van der Waals surface area (Å²) >= 11 is 3.45. The highest BCUT2D eigenvalue weighted by molar-refractivity contribution is 7.99. The Morgan fingerprint density at radius 1 is 0.788 bits per heavy atom. The van der Waals surface area contributed by atoms with E-state index in [1.165, 1.54) is 58.4 Å². The summed E-state index contributed by atoms with van der Waals surface area (Å²) < 4.78 is 7.16. The van der Waals surface area contributed by atoms with E-state index in [0.29, 0.717) is 5.75 Å². The van der Waals surface area contributed by atoms with Crippen molar-refractivity contribution in [2.45, 2.75) is 100 Å². The molecule has 0 spiro atoms. The summed E-state index contributed by atoms with van der Waals surface area (Å²) in [6.07, 6.45) is 13.5. The standard InChI is InChI=1S/C28H40O2S2Si/c1-28(2,3)33(6,7)30-27-23(32-5)17-19-13-9-11-15-21(19)25(27)24-20-14-10-8-12-18(20)16-22(31-4)26(24)29/h16-17,29H,8-15H2,1-7H3. The van der Waals surface area contributed by atoms with Gasteiger partial charge in [0.2, 0.25) is 0 Å². The molecule has 0 saturated carbocycles. The van der Waals surface area contributed by atoms with E-state index in [1.807, 2.05) is 0 Å². The average Bonchev–Trinajstić information content (AvgIpc) is 2.78. The molecule has 2 aliphatic rings. The molecule has 0 unspecified atom stereocenters. The molecular weight excluding hydrogens is 461 g/mol. The van der Waals surface area contributed by atoms with Crippen LogP contribution in [0.4, 0.5) is 0 Å². The molecule has 0 aromatic heterocycles. The summed E-state index contributed by atoms with van der Waals surface area (Å²) in [4.78, 5) is 2.23. The molecule has 4 rings (SSSR count). The molecule has 0 atom stereocenters. The number of benzene rings is 2. The number of phenols is 1. The van der Waals surface area contributed by atoms with Gasteiger partial charge in [-0.2, -0.15) is 0 Å². The number of aromatic hydroxyl groups is 1. The predicted molar refractivity (Wildman–Crippen MR) is 148 cm³/mol. The molecule has 2 aliphatic carbocycles. The van der Waals surface area contributed by atoms with Gasteiger partial charge < -0.3 is 9.53 Å². The monoisotopic (exact) mass is 500 g/mol. The van der Waals surface area contributed by atoms with Crippen LogP contribution in [0.1, 0.15) is 68.7 Å². The summed E-state index contributed by atoms with van der Waals surface area (Å²) in [5.74, 6) is 1.50. The average molecular weight is 501 g/mol. The molecule has 0 bridgehead atoms. The minimum absolute atomic E-state index is 0.110. The van der Waals surface area contributed by atoms with E-state index in [0.717, 1.165) is 41.9 Å².